The molecule has 0 heterocycles. The number of carbonyl (C=O) groups is 1. The molecule has 0 aliphatic rings. The summed E-state index contributed by atoms with van der Waals surface area (Å²) < 4.78 is 26.4. The second kappa shape index (κ2) is 4.69. The second-order valence-corrected chi connectivity index (χ2v) is 4.29. The first-order valence-electron chi connectivity index (χ1n) is 5.55. The fraction of sp³-hybridized carbons (Fsp3) is 0.133. The lowest BCUT2D eigenvalue weighted by atomic mass is 9.95. The molecular formula is C15H12F2O. The van der Waals surface area contributed by atoms with E-state index in [1.165, 1.54) is 0 Å². The Bertz CT molecular complexity index is 618. The van der Waals surface area contributed by atoms with Gasteiger partial charge in [0.2, 0.25) is 0 Å². The average Bonchev–Trinajstić information content (AvgIpc) is 2.35. The Morgan fingerprint density at radius 2 is 1.61 bits per heavy atom. The Labute approximate surface area is 104 Å². The molecule has 0 atom stereocenters. The van der Waals surface area contributed by atoms with Gasteiger partial charge in [0, 0.05) is 5.56 Å². The van der Waals surface area contributed by atoms with Gasteiger partial charge in [-0.15, -0.1) is 0 Å². The third-order valence-electron chi connectivity index (χ3n) is 2.90. The number of hydrogen-bond acceptors (Lipinski definition) is 1. The third kappa shape index (κ3) is 2.16. The number of rotatable bonds is 2. The van der Waals surface area contributed by atoms with Crippen LogP contribution in [0.2, 0.25) is 0 Å². The van der Waals surface area contributed by atoms with Crippen molar-refractivity contribution in [3.8, 4) is 11.1 Å². The van der Waals surface area contributed by atoms with Crippen LogP contribution in [0.15, 0.2) is 30.3 Å². The molecule has 0 aliphatic carbocycles. The molecule has 1 nitrogen and oxygen atoms in total. The van der Waals surface area contributed by atoms with Crippen molar-refractivity contribution in [2.75, 3.05) is 0 Å². The smallest absolute Gasteiger partial charge is 0.159 e. The van der Waals surface area contributed by atoms with Crippen molar-refractivity contribution in [3.05, 3.63) is 58.7 Å². The zero-order valence-electron chi connectivity index (χ0n) is 10.1. The predicted octanol–water partition coefficient (Wildman–Crippen LogP) is 4.06. The van der Waals surface area contributed by atoms with E-state index in [0.29, 0.717) is 11.8 Å². The molecular weight excluding hydrogens is 234 g/mol. The van der Waals surface area contributed by atoms with E-state index >= 15 is 0 Å². The molecule has 0 saturated carbocycles. The van der Waals surface area contributed by atoms with E-state index in [1.54, 1.807) is 0 Å². The highest BCUT2D eigenvalue weighted by Gasteiger charge is 2.12. The van der Waals surface area contributed by atoms with Gasteiger partial charge in [-0.2, -0.15) is 0 Å². The molecule has 0 bridgehead atoms. The number of aryl methyl sites for hydroxylation is 2. The molecule has 0 saturated heterocycles. The fourth-order valence-electron chi connectivity index (χ4n) is 1.92. The molecule has 0 aliphatic heterocycles. The fourth-order valence-corrected chi connectivity index (χ4v) is 1.92. The molecule has 2 aromatic carbocycles. The maximum atomic E-state index is 13.3. The molecule has 0 fully saturated rings. The zero-order chi connectivity index (χ0) is 13.3. The van der Waals surface area contributed by atoms with Gasteiger partial charge in [0.15, 0.2) is 17.9 Å². The third-order valence-corrected chi connectivity index (χ3v) is 2.90. The van der Waals surface area contributed by atoms with E-state index in [-0.39, 0.29) is 5.56 Å². The minimum absolute atomic E-state index is 0.155. The van der Waals surface area contributed by atoms with Crippen LogP contribution in [0, 0.1) is 25.5 Å². The van der Waals surface area contributed by atoms with Crippen LogP contribution in [-0.2, 0) is 0 Å². The first-order valence-corrected chi connectivity index (χ1v) is 5.55. The Morgan fingerprint density at radius 3 is 2.28 bits per heavy atom. The van der Waals surface area contributed by atoms with Crippen LogP contribution in [0.5, 0.6) is 0 Å². The summed E-state index contributed by atoms with van der Waals surface area (Å²) >= 11 is 0. The normalized spacial score (nSPS) is 10.4. The van der Waals surface area contributed by atoms with Crippen molar-refractivity contribution < 1.29 is 13.6 Å². The highest BCUT2D eigenvalue weighted by Crippen LogP contribution is 2.28. The SMILES string of the molecule is Cc1ccc(C)c(-c2cc(F)c(F)cc2C=O)c1. The topological polar surface area (TPSA) is 17.1 Å². The quantitative estimate of drug-likeness (QED) is 0.730. The summed E-state index contributed by atoms with van der Waals surface area (Å²) in [5.41, 5.74) is 3.23. The summed E-state index contributed by atoms with van der Waals surface area (Å²) in [6.07, 6.45) is 0.541. The molecule has 3 heteroatoms. The summed E-state index contributed by atoms with van der Waals surface area (Å²) in [6, 6.07) is 7.68. The van der Waals surface area contributed by atoms with Crippen molar-refractivity contribution in [2.24, 2.45) is 0 Å². The van der Waals surface area contributed by atoms with Crippen LogP contribution in [0.3, 0.4) is 0 Å². The number of benzene rings is 2. The lowest BCUT2D eigenvalue weighted by Gasteiger charge is -2.10. The summed E-state index contributed by atoms with van der Waals surface area (Å²) in [6.45, 7) is 3.77. The first-order chi connectivity index (χ1) is 8.52. The van der Waals surface area contributed by atoms with E-state index in [0.717, 1.165) is 28.8 Å². The predicted molar refractivity (Wildman–Crippen MR) is 66.7 cm³/mol. The summed E-state index contributed by atoms with van der Waals surface area (Å²) in [5.74, 6) is -1.96. The highest BCUT2D eigenvalue weighted by molar-refractivity contribution is 5.88. The van der Waals surface area contributed by atoms with Crippen LogP contribution in [0.25, 0.3) is 11.1 Å². The summed E-state index contributed by atoms with van der Waals surface area (Å²) in [4.78, 5) is 11.0. The van der Waals surface area contributed by atoms with Gasteiger partial charge in [0.05, 0.1) is 0 Å². The molecule has 18 heavy (non-hydrogen) atoms. The van der Waals surface area contributed by atoms with Crippen molar-refractivity contribution in [2.45, 2.75) is 13.8 Å². The number of aldehydes is 1. The molecule has 2 aromatic rings. The van der Waals surface area contributed by atoms with E-state index in [9.17, 15) is 13.6 Å². The van der Waals surface area contributed by atoms with Crippen molar-refractivity contribution >= 4 is 6.29 Å². The van der Waals surface area contributed by atoms with Crippen molar-refractivity contribution in [1.82, 2.24) is 0 Å². The Balaban J connectivity index is 2.73. The number of hydrogen-bond donors (Lipinski definition) is 0. The minimum atomic E-state index is -1.01. The molecule has 92 valence electrons. The maximum absolute atomic E-state index is 13.3. The molecule has 2 rings (SSSR count). The lowest BCUT2D eigenvalue weighted by Crippen LogP contribution is -1.95. The molecule has 0 unspecified atom stereocenters. The number of carbonyl (C=O) groups excluding carboxylic acids is 1. The van der Waals surface area contributed by atoms with Crippen molar-refractivity contribution in [3.63, 3.8) is 0 Å². The first kappa shape index (κ1) is 12.4. The number of halogens is 2. The van der Waals surface area contributed by atoms with Gasteiger partial charge in [-0.05, 0) is 42.7 Å². The largest absolute Gasteiger partial charge is 0.298 e. The Kier molecular flexibility index (Phi) is 3.24. The van der Waals surface area contributed by atoms with Gasteiger partial charge in [-0.1, -0.05) is 23.8 Å². The van der Waals surface area contributed by atoms with Crippen LogP contribution < -0.4 is 0 Å². The van der Waals surface area contributed by atoms with Crippen LogP contribution >= 0.6 is 0 Å². The van der Waals surface area contributed by atoms with Crippen LogP contribution in [0.4, 0.5) is 8.78 Å². The van der Waals surface area contributed by atoms with Gasteiger partial charge in [0.1, 0.15) is 0 Å². The van der Waals surface area contributed by atoms with E-state index < -0.39 is 11.6 Å². The van der Waals surface area contributed by atoms with Crippen LogP contribution in [0.1, 0.15) is 21.5 Å². The van der Waals surface area contributed by atoms with Gasteiger partial charge < -0.3 is 0 Å². The monoisotopic (exact) mass is 246 g/mol. The minimum Gasteiger partial charge on any atom is -0.298 e. The molecule has 0 aromatic heterocycles. The molecule has 0 spiro atoms. The molecule has 0 radical (unpaired) electrons. The second-order valence-electron chi connectivity index (χ2n) is 4.29. The van der Waals surface area contributed by atoms with E-state index in [2.05, 4.69) is 0 Å². The van der Waals surface area contributed by atoms with Gasteiger partial charge >= 0.3 is 0 Å². The van der Waals surface area contributed by atoms with Crippen molar-refractivity contribution in [1.29, 1.82) is 0 Å². The van der Waals surface area contributed by atoms with E-state index in [1.807, 2.05) is 32.0 Å². The summed E-state index contributed by atoms with van der Waals surface area (Å²) in [7, 11) is 0. The summed E-state index contributed by atoms with van der Waals surface area (Å²) in [5, 5.41) is 0. The van der Waals surface area contributed by atoms with E-state index in [4.69, 9.17) is 0 Å². The Hall–Kier alpha value is -2.03. The standard InChI is InChI=1S/C15H12F2O/c1-9-3-4-10(2)12(5-9)13-7-15(17)14(16)6-11(13)8-18/h3-8H,1-2H3. The lowest BCUT2D eigenvalue weighted by molar-refractivity contribution is 0.112. The van der Waals surface area contributed by atoms with Crippen LogP contribution in [-0.4, -0.2) is 6.29 Å². The van der Waals surface area contributed by atoms with Gasteiger partial charge in [-0.25, -0.2) is 8.78 Å². The van der Waals surface area contributed by atoms with Gasteiger partial charge in [0.25, 0.3) is 0 Å². The highest BCUT2D eigenvalue weighted by atomic mass is 19.2. The zero-order valence-corrected chi connectivity index (χ0v) is 10.1. The molecule has 0 N–H and O–H groups in total. The Morgan fingerprint density at radius 1 is 0.944 bits per heavy atom. The average molecular weight is 246 g/mol. The maximum Gasteiger partial charge on any atom is 0.159 e. The van der Waals surface area contributed by atoms with Gasteiger partial charge in [-0.3, -0.25) is 4.79 Å². The molecule has 0 amide bonds.